The van der Waals surface area contributed by atoms with E-state index in [9.17, 15) is 4.79 Å². The first-order valence-electron chi connectivity index (χ1n) is 8.40. The Morgan fingerprint density at radius 1 is 1.13 bits per heavy atom. The Labute approximate surface area is 145 Å². The topological polar surface area (TPSA) is 64.4 Å². The number of ether oxygens (including phenoxy) is 1. The zero-order chi connectivity index (χ0) is 15.7. The summed E-state index contributed by atoms with van der Waals surface area (Å²) in [6.07, 6.45) is 6.85. The van der Waals surface area contributed by atoms with Crippen molar-refractivity contribution in [2.45, 2.75) is 57.1 Å². The molecule has 1 aromatic carbocycles. The molecule has 1 aromatic rings. The lowest BCUT2D eigenvalue weighted by Crippen LogP contribution is -2.55. The Bertz CT molecular complexity index is 448. The maximum atomic E-state index is 12.1. The van der Waals surface area contributed by atoms with Crippen LogP contribution < -0.4 is 11.1 Å². The fraction of sp³-hybridized carbons (Fsp3) is 0.611. The van der Waals surface area contributed by atoms with Gasteiger partial charge in [0.15, 0.2) is 0 Å². The first-order valence-corrected chi connectivity index (χ1v) is 8.40. The monoisotopic (exact) mass is 340 g/mol. The van der Waals surface area contributed by atoms with E-state index in [2.05, 4.69) is 17.4 Å². The first-order chi connectivity index (χ1) is 10.7. The van der Waals surface area contributed by atoms with E-state index in [-0.39, 0.29) is 18.3 Å². The predicted molar refractivity (Wildman–Crippen MR) is 95.6 cm³/mol. The second-order valence-corrected chi connectivity index (χ2v) is 6.22. The summed E-state index contributed by atoms with van der Waals surface area (Å²) in [6.45, 7) is 2.06. The van der Waals surface area contributed by atoms with E-state index < -0.39 is 5.54 Å². The highest BCUT2D eigenvalue weighted by molar-refractivity contribution is 5.86. The van der Waals surface area contributed by atoms with E-state index in [1.165, 1.54) is 12.0 Å². The van der Waals surface area contributed by atoms with Crippen LogP contribution in [0.4, 0.5) is 0 Å². The van der Waals surface area contributed by atoms with Crippen LogP contribution in [0.25, 0.3) is 0 Å². The molecule has 1 amide bonds. The molecule has 0 heterocycles. The molecule has 0 unspecified atom stereocenters. The van der Waals surface area contributed by atoms with Gasteiger partial charge in [-0.2, -0.15) is 0 Å². The van der Waals surface area contributed by atoms with Gasteiger partial charge in [-0.1, -0.05) is 49.6 Å². The zero-order valence-electron chi connectivity index (χ0n) is 13.8. The van der Waals surface area contributed by atoms with Gasteiger partial charge >= 0.3 is 0 Å². The molecule has 130 valence electrons. The molecule has 1 fully saturated rings. The third-order valence-corrected chi connectivity index (χ3v) is 4.31. The Kier molecular flexibility index (Phi) is 9.22. The van der Waals surface area contributed by atoms with Crippen molar-refractivity contribution in [1.82, 2.24) is 5.32 Å². The van der Waals surface area contributed by atoms with Gasteiger partial charge in [-0.25, -0.2) is 0 Å². The number of rotatable bonds is 8. The Hall–Kier alpha value is -1.10. The fourth-order valence-corrected chi connectivity index (χ4v) is 2.88. The number of unbranched alkanes of at least 4 members (excludes halogenated alkanes) is 1. The highest BCUT2D eigenvalue weighted by atomic mass is 35.5. The van der Waals surface area contributed by atoms with E-state index in [1.54, 1.807) is 0 Å². The van der Waals surface area contributed by atoms with Crippen LogP contribution in [0.5, 0.6) is 0 Å². The number of amides is 1. The molecule has 0 bridgehead atoms. The molecule has 1 aliphatic carbocycles. The Morgan fingerprint density at radius 3 is 2.52 bits per heavy atom. The van der Waals surface area contributed by atoms with E-state index >= 15 is 0 Å². The summed E-state index contributed by atoms with van der Waals surface area (Å²) in [5.41, 5.74) is 6.76. The quantitative estimate of drug-likeness (QED) is 0.714. The van der Waals surface area contributed by atoms with Crippen LogP contribution in [-0.4, -0.2) is 24.6 Å². The molecular formula is C18H29ClN2O2. The summed E-state index contributed by atoms with van der Waals surface area (Å²) >= 11 is 0. The van der Waals surface area contributed by atoms with Crippen molar-refractivity contribution in [2.75, 3.05) is 13.2 Å². The predicted octanol–water partition coefficient (Wildman–Crippen LogP) is 3.18. The van der Waals surface area contributed by atoms with Gasteiger partial charge in [-0.15, -0.1) is 12.4 Å². The molecule has 23 heavy (non-hydrogen) atoms. The van der Waals surface area contributed by atoms with Gasteiger partial charge in [0.05, 0.1) is 12.1 Å². The van der Waals surface area contributed by atoms with E-state index in [0.717, 1.165) is 45.1 Å². The SMILES string of the molecule is Cl.NC1(C(=O)NCCCCOCc2ccccc2)CCCCC1. The molecule has 0 aliphatic heterocycles. The highest BCUT2D eigenvalue weighted by Gasteiger charge is 2.34. The smallest absolute Gasteiger partial charge is 0.240 e. The van der Waals surface area contributed by atoms with Crippen molar-refractivity contribution < 1.29 is 9.53 Å². The van der Waals surface area contributed by atoms with Gasteiger partial charge in [0.1, 0.15) is 0 Å². The highest BCUT2D eigenvalue weighted by Crippen LogP contribution is 2.25. The molecule has 5 heteroatoms. The lowest BCUT2D eigenvalue weighted by molar-refractivity contribution is -0.127. The maximum Gasteiger partial charge on any atom is 0.240 e. The van der Waals surface area contributed by atoms with Gasteiger partial charge in [0, 0.05) is 13.2 Å². The third-order valence-electron chi connectivity index (χ3n) is 4.31. The standard InChI is InChI=1S/C18H28N2O2.ClH/c19-18(11-5-2-6-12-18)17(21)20-13-7-8-14-22-15-16-9-3-1-4-10-16;/h1,3-4,9-10H,2,5-8,11-15,19H2,(H,20,21);1H. The average Bonchev–Trinajstić information content (AvgIpc) is 2.55. The third kappa shape index (κ3) is 6.90. The first kappa shape index (κ1) is 19.9. The molecule has 2 rings (SSSR count). The van der Waals surface area contributed by atoms with E-state index in [0.29, 0.717) is 13.2 Å². The second-order valence-electron chi connectivity index (χ2n) is 6.22. The van der Waals surface area contributed by atoms with E-state index in [4.69, 9.17) is 10.5 Å². The Morgan fingerprint density at radius 2 is 1.83 bits per heavy atom. The average molecular weight is 341 g/mol. The molecule has 0 saturated heterocycles. The second kappa shape index (κ2) is 10.6. The number of nitrogens with one attached hydrogen (secondary N) is 1. The number of halogens is 1. The van der Waals surface area contributed by atoms with Crippen molar-refractivity contribution >= 4 is 18.3 Å². The van der Waals surface area contributed by atoms with Crippen LogP contribution in [0.1, 0.15) is 50.5 Å². The molecule has 3 N–H and O–H groups in total. The number of hydrogen-bond donors (Lipinski definition) is 2. The summed E-state index contributed by atoms with van der Waals surface area (Å²) in [4.78, 5) is 12.1. The largest absolute Gasteiger partial charge is 0.377 e. The molecule has 4 nitrogen and oxygen atoms in total. The number of carbonyl (C=O) groups is 1. The number of carbonyl (C=O) groups excluding carboxylic acids is 1. The van der Waals surface area contributed by atoms with Crippen molar-refractivity contribution in [3.05, 3.63) is 35.9 Å². The molecule has 1 saturated carbocycles. The van der Waals surface area contributed by atoms with Gasteiger partial charge in [-0.05, 0) is 31.2 Å². The van der Waals surface area contributed by atoms with Crippen LogP contribution in [-0.2, 0) is 16.1 Å². The number of hydrogen-bond acceptors (Lipinski definition) is 3. The van der Waals surface area contributed by atoms with Crippen molar-refractivity contribution in [3.8, 4) is 0 Å². The summed E-state index contributed by atoms with van der Waals surface area (Å²) in [7, 11) is 0. The van der Waals surface area contributed by atoms with E-state index in [1.807, 2.05) is 18.2 Å². The molecule has 0 radical (unpaired) electrons. The van der Waals surface area contributed by atoms with Gasteiger partial charge < -0.3 is 15.8 Å². The van der Waals surface area contributed by atoms with Gasteiger partial charge in [0.25, 0.3) is 0 Å². The summed E-state index contributed by atoms with van der Waals surface area (Å²) < 4.78 is 5.63. The number of nitrogens with two attached hydrogens (primary N) is 1. The van der Waals surface area contributed by atoms with Gasteiger partial charge in [0.2, 0.25) is 5.91 Å². The zero-order valence-corrected chi connectivity index (χ0v) is 14.6. The number of benzene rings is 1. The fourth-order valence-electron chi connectivity index (χ4n) is 2.88. The minimum absolute atomic E-state index is 0. The molecule has 0 aromatic heterocycles. The van der Waals surface area contributed by atoms with Crippen molar-refractivity contribution in [3.63, 3.8) is 0 Å². The van der Waals surface area contributed by atoms with Crippen LogP contribution in [0.3, 0.4) is 0 Å². The van der Waals surface area contributed by atoms with Crippen LogP contribution in [0.2, 0.25) is 0 Å². The minimum Gasteiger partial charge on any atom is -0.377 e. The lowest BCUT2D eigenvalue weighted by atomic mass is 9.82. The molecule has 1 aliphatic rings. The van der Waals surface area contributed by atoms with Crippen molar-refractivity contribution in [2.24, 2.45) is 5.73 Å². The summed E-state index contributed by atoms with van der Waals surface area (Å²) in [6, 6.07) is 10.2. The Balaban J connectivity index is 0.00000264. The maximum absolute atomic E-state index is 12.1. The van der Waals surface area contributed by atoms with Crippen molar-refractivity contribution in [1.29, 1.82) is 0 Å². The molecule has 0 atom stereocenters. The normalized spacial score (nSPS) is 16.4. The summed E-state index contributed by atoms with van der Waals surface area (Å²) in [5, 5.41) is 2.98. The van der Waals surface area contributed by atoms with Crippen LogP contribution in [0, 0.1) is 0 Å². The summed E-state index contributed by atoms with van der Waals surface area (Å²) in [5.74, 6) is 0.0254. The molecule has 0 spiro atoms. The lowest BCUT2D eigenvalue weighted by Gasteiger charge is -2.31. The van der Waals surface area contributed by atoms with Gasteiger partial charge in [-0.3, -0.25) is 4.79 Å². The molecular weight excluding hydrogens is 312 g/mol. The minimum atomic E-state index is -0.623. The van der Waals surface area contributed by atoms with Crippen LogP contribution in [0.15, 0.2) is 30.3 Å². The van der Waals surface area contributed by atoms with Crippen LogP contribution >= 0.6 is 12.4 Å².